The molecular weight excluding hydrogens is 250 g/mol. The third kappa shape index (κ3) is 4.24. The predicted molar refractivity (Wildman–Crippen MR) is 81.6 cm³/mol. The Balaban J connectivity index is 1.89. The molecule has 0 bridgehead atoms. The number of nitrogens with two attached hydrogens (primary N) is 1. The van der Waals surface area contributed by atoms with Gasteiger partial charge < -0.3 is 11.2 Å². The van der Waals surface area contributed by atoms with Crippen LogP contribution in [0.3, 0.4) is 0 Å². The van der Waals surface area contributed by atoms with E-state index >= 15 is 0 Å². The molecule has 0 saturated heterocycles. The fraction of sp³-hybridized carbons (Fsp3) is 0.125. The highest BCUT2D eigenvalue weighted by atomic mass is 16.1. The number of benzene rings is 2. The number of anilines is 1. The van der Waals surface area contributed by atoms with Crippen molar-refractivity contribution in [2.75, 3.05) is 5.32 Å². The van der Waals surface area contributed by atoms with Crippen LogP contribution in [0.2, 0.25) is 0 Å². The van der Waals surface area contributed by atoms with Crippen LogP contribution in [0.4, 0.5) is 5.69 Å². The Morgan fingerprint density at radius 1 is 1.15 bits per heavy atom. The third-order valence-electron chi connectivity index (χ3n) is 2.88. The fourth-order valence-corrected chi connectivity index (χ4v) is 1.91. The average molecular weight is 267 g/mol. The highest BCUT2D eigenvalue weighted by Crippen LogP contribution is 2.10. The number of hydrazone groups is 1. The Morgan fingerprint density at radius 3 is 2.70 bits per heavy atom. The molecule has 102 valence electrons. The molecule has 0 unspecified atom stereocenters. The number of hydrogen-bond acceptors (Lipinski definition) is 3. The lowest BCUT2D eigenvalue weighted by Gasteiger charge is -2.06. The molecule has 0 aliphatic carbocycles. The summed E-state index contributed by atoms with van der Waals surface area (Å²) in [6.45, 7) is 0. The van der Waals surface area contributed by atoms with Crippen molar-refractivity contribution in [3.63, 3.8) is 0 Å². The molecular formula is C16H17N3O. The molecule has 0 aromatic heterocycles. The summed E-state index contributed by atoms with van der Waals surface area (Å²) >= 11 is 0. The molecule has 20 heavy (non-hydrogen) atoms. The minimum atomic E-state index is -0.00399. The van der Waals surface area contributed by atoms with Crippen LogP contribution in [0.25, 0.3) is 0 Å². The zero-order valence-electron chi connectivity index (χ0n) is 11.1. The van der Waals surface area contributed by atoms with E-state index in [0.717, 1.165) is 23.2 Å². The van der Waals surface area contributed by atoms with Crippen molar-refractivity contribution in [2.24, 2.45) is 10.9 Å². The monoisotopic (exact) mass is 267 g/mol. The van der Waals surface area contributed by atoms with E-state index in [4.69, 9.17) is 5.84 Å². The number of carbonyl (C=O) groups excluding carboxylic acids is 1. The summed E-state index contributed by atoms with van der Waals surface area (Å²) in [5, 5.41) is 6.33. The highest BCUT2D eigenvalue weighted by Gasteiger charge is 2.03. The van der Waals surface area contributed by atoms with Crippen LogP contribution in [0.1, 0.15) is 17.5 Å². The van der Waals surface area contributed by atoms with Gasteiger partial charge in [-0.25, -0.2) is 0 Å². The zero-order valence-corrected chi connectivity index (χ0v) is 11.1. The van der Waals surface area contributed by atoms with Crippen molar-refractivity contribution in [1.29, 1.82) is 0 Å². The van der Waals surface area contributed by atoms with E-state index in [1.54, 1.807) is 6.21 Å². The van der Waals surface area contributed by atoms with Crippen molar-refractivity contribution in [1.82, 2.24) is 0 Å². The van der Waals surface area contributed by atoms with Crippen LogP contribution in [0.15, 0.2) is 59.7 Å². The molecule has 0 radical (unpaired) electrons. The van der Waals surface area contributed by atoms with Gasteiger partial charge in [-0.3, -0.25) is 4.79 Å². The number of carbonyl (C=O) groups is 1. The number of rotatable bonds is 5. The first-order chi connectivity index (χ1) is 9.78. The molecule has 1 amide bonds. The summed E-state index contributed by atoms with van der Waals surface area (Å²) in [5.41, 5.74) is 2.76. The summed E-state index contributed by atoms with van der Waals surface area (Å²) in [7, 11) is 0. The van der Waals surface area contributed by atoms with Crippen LogP contribution in [0, 0.1) is 0 Å². The molecule has 0 aliphatic rings. The van der Waals surface area contributed by atoms with E-state index in [2.05, 4.69) is 10.4 Å². The number of aryl methyl sites for hydroxylation is 1. The number of nitrogens with one attached hydrogen (secondary N) is 1. The van der Waals surface area contributed by atoms with E-state index in [-0.39, 0.29) is 5.91 Å². The smallest absolute Gasteiger partial charge is 0.224 e. The van der Waals surface area contributed by atoms with Crippen LogP contribution < -0.4 is 11.2 Å². The number of hydrogen-bond donors (Lipinski definition) is 2. The number of nitrogens with zero attached hydrogens (tertiary/aromatic N) is 1. The van der Waals surface area contributed by atoms with Crippen molar-refractivity contribution in [3.05, 3.63) is 65.7 Å². The van der Waals surface area contributed by atoms with Gasteiger partial charge in [-0.05, 0) is 29.7 Å². The van der Waals surface area contributed by atoms with Gasteiger partial charge in [0.25, 0.3) is 0 Å². The molecule has 3 N–H and O–H groups in total. The van der Waals surface area contributed by atoms with Crippen LogP contribution >= 0.6 is 0 Å². The van der Waals surface area contributed by atoms with Crippen molar-refractivity contribution in [2.45, 2.75) is 12.8 Å². The van der Waals surface area contributed by atoms with Gasteiger partial charge in [0.2, 0.25) is 5.91 Å². The second-order valence-electron chi connectivity index (χ2n) is 4.44. The first-order valence-corrected chi connectivity index (χ1v) is 6.45. The van der Waals surface area contributed by atoms with Crippen LogP contribution in [-0.2, 0) is 11.2 Å². The van der Waals surface area contributed by atoms with Crippen molar-refractivity contribution in [3.8, 4) is 0 Å². The first-order valence-electron chi connectivity index (χ1n) is 6.45. The van der Waals surface area contributed by atoms with Crippen LogP contribution in [0.5, 0.6) is 0 Å². The summed E-state index contributed by atoms with van der Waals surface area (Å²) in [5.74, 6) is 5.10. The van der Waals surface area contributed by atoms with Crippen LogP contribution in [-0.4, -0.2) is 12.1 Å². The largest absolute Gasteiger partial charge is 0.326 e. The fourth-order valence-electron chi connectivity index (χ4n) is 1.91. The Hall–Kier alpha value is -2.62. The molecule has 0 heterocycles. The average Bonchev–Trinajstić information content (AvgIpc) is 2.47. The third-order valence-corrected chi connectivity index (χ3v) is 2.88. The summed E-state index contributed by atoms with van der Waals surface area (Å²) in [6, 6.07) is 17.3. The Morgan fingerprint density at radius 2 is 1.95 bits per heavy atom. The predicted octanol–water partition coefficient (Wildman–Crippen LogP) is 2.55. The molecule has 2 aromatic rings. The highest BCUT2D eigenvalue weighted by molar-refractivity contribution is 5.92. The topological polar surface area (TPSA) is 67.5 Å². The molecule has 4 heteroatoms. The van der Waals surface area contributed by atoms with Gasteiger partial charge >= 0.3 is 0 Å². The van der Waals surface area contributed by atoms with Gasteiger partial charge in [0.05, 0.1) is 6.21 Å². The van der Waals surface area contributed by atoms with Crippen molar-refractivity contribution < 1.29 is 4.79 Å². The maximum absolute atomic E-state index is 11.9. The lowest BCUT2D eigenvalue weighted by molar-refractivity contribution is -0.116. The lowest BCUT2D eigenvalue weighted by atomic mass is 10.1. The Labute approximate surface area is 118 Å². The van der Waals surface area contributed by atoms with E-state index in [1.807, 2.05) is 54.6 Å². The molecule has 2 aromatic carbocycles. The summed E-state index contributed by atoms with van der Waals surface area (Å²) in [6.07, 6.45) is 2.73. The van der Waals surface area contributed by atoms with E-state index < -0.39 is 0 Å². The lowest BCUT2D eigenvalue weighted by Crippen LogP contribution is -2.12. The Bertz CT molecular complexity index is 594. The normalized spacial score (nSPS) is 10.6. The standard InChI is InChI=1S/C16H17N3O/c17-18-12-14-7-4-8-15(11-14)19-16(20)10-9-13-5-2-1-3-6-13/h1-8,11-12H,9-10,17H2,(H,19,20). The maximum Gasteiger partial charge on any atom is 0.224 e. The molecule has 0 aliphatic heterocycles. The second kappa shape index (κ2) is 7.09. The summed E-state index contributed by atoms with van der Waals surface area (Å²) in [4.78, 5) is 11.9. The maximum atomic E-state index is 11.9. The quantitative estimate of drug-likeness (QED) is 0.496. The number of amides is 1. The van der Waals surface area contributed by atoms with E-state index in [0.29, 0.717) is 6.42 Å². The van der Waals surface area contributed by atoms with E-state index in [9.17, 15) is 4.79 Å². The van der Waals surface area contributed by atoms with Gasteiger partial charge in [-0.1, -0.05) is 42.5 Å². The molecule has 2 rings (SSSR count). The van der Waals surface area contributed by atoms with Gasteiger partial charge in [-0.2, -0.15) is 5.10 Å². The molecule has 0 fully saturated rings. The molecule has 0 saturated carbocycles. The second-order valence-corrected chi connectivity index (χ2v) is 4.44. The minimum absolute atomic E-state index is 0.00399. The van der Waals surface area contributed by atoms with Gasteiger partial charge in [0.1, 0.15) is 0 Å². The summed E-state index contributed by atoms with van der Waals surface area (Å²) < 4.78 is 0. The van der Waals surface area contributed by atoms with Gasteiger partial charge in [0, 0.05) is 12.1 Å². The Kier molecular flexibility index (Phi) is 4.89. The van der Waals surface area contributed by atoms with Crippen molar-refractivity contribution >= 4 is 17.8 Å². The minimum Gasteiger partial charge on any atom is -0.326 e. The molecule has 0 spiro atoms. The van der Waals surface area contributed by atoms with E-state index in [1.165, 1.54) is 0 Å². The SMILES string of the molecule is NN=Cc1cccc(NC(=O)CCc2ccccc2)c1. The van der Waals surface area contributed by atoms with Gasteiger partial charge in [-0.15, -0.1) is 0 Å². The first kappa shape index (κ1) is 13.8. The molecule has 4 nitrogen and oxygen atoms in total. The molecule has 0 atom stereocenters. The van der Waals surface area contributed by atoms with Gasteiger partial charge in [0.15, 0.2) is 0 Å². The zero-order chi connectivity index (χ0) is 14.2.